The van der Waals surface area contributed by atoms with Crippen LogP contribution in [0.2, 0.25) is 0 Å². The minimum Gasteiger partial charge on any atom is -0.396 e. The molecule has 4 nitrogen and oxygen atoms in total. The van der Waals surface area contributed by atoms with Gasteiger partial charge < -0.3 is 19.7 Å². The average molecular weight is 252 g/mol. The molecule has 1 unspecified atom stereocenters. The number of aliphatic hydroxyl groups excluding tert-OH is 2. The number of hydrogen-bond donors (Lipinski definition) is 2. The molecule has 0 aliphatic carbocycles. The van der Waals surface area contributed by atoms with E-state index in [0.717, 1.165) is 18.4 Å². The molecule has 1 heterocycles. The van der Waals surface area contributed by atoms with Crippen LogP contribution >= 0.6 is 0 Å². The van der Waals surface area contributed by atoms with Crippen molar-refractivity contribution < 1.29 is 19.7 Å². The number of benzene rings is 1. The number of aliphatic hydroxyl groups is 2. The van der Waals surface area contributed by atoms with Gasteiger partial charge in [0.2, 0.25) is 0 Å². The van der Waals surface area contributed by atoms with E-state index in [9.17, 15) is 5.11 Å². The molecule has 1 saturated heterocycles. The summed E-state index contributed by atoms with van der Waals surface area (Å²) in [6, 6.07) is 9.26. The third-order valence-corrected chi connectivity index (χ3v) is 3.26. The van der Waals surface area contributed by atoms with E-state index in [1.807, 2.05) is 30.3 Å². The quantitative estimate of drug-likeness (QED) is 0.779. The molecule has 0 bridgehead atoms. The Kier molecular flexibility index (Phi) is 5.13. The van der Waals surface area contributed by atoms with E-state index in [-0.39, 0.29) is 12.7 Å². The molecular weight excluding hydrogens is 232 g/mol. The van der Waals surface area contributed by atoms with Crippen molar-refractivity contribution >= 4 is 0 Å². The normalized spacial score (nSPS) is 25.9. The number of rotatable bonds is 5. The van der Waals surface area contributed by atoms with Gasteiger partial charge in [-0.2, -0.15) is 0 Å². The zero-order chi connectivity index (χ0) is 12.8. The first-order valence-electron chi connectivity index (χ1n) is 6.36. The van der Waals surface area contributed by atoms with Gasteiger partial charge >= 0.3 is 0 Å². The summed E-state index contributed by atoms with van der Waals surface area (Å²) in [6.07, 6.45) is 0.741. The van der Waals surface area contributed by atoms with Gasteiger partial charge in [0.05, 0.1) is 12.7 Å². The molecule has 2 rings (SSSR count). The summed E-state index contributed by atoms with van der Waals surface area (Å²) in [4.78, 5) is 0. The van der Waals surface area contributed by atoms with E-state index in [1.54, 1.807) is 0 Å². The van der Waals surface area contributed by atoms with Crippen molar-refractivity contribution in [1.82, 2.24) is 0 Å². The zero-order valence-electron chi connectivity index (χ0n) is 10.4. The Morgan fingerprint density at radius 3 is 2.83 bits per heavy atom. The SMILES string of the molecule is OC[C@H]1CCO[C@H](COC(O)c2ccccc2)C1. The lowest BCUT2D eigenvalue weighted by molar-refractivity contribution is -0.146. The van der Waals surface area contributed by atoms with Crippen LogP contribution in [0.4, 0.5) is 0 Å². The standard InChI is InChI=1S/C14H20O4/c15-9-11-6-7-17-13(8-11)10-18-14(16)12-4-2-1-3-5-12/h1-5,11,13-16H,6-10H2/t11-,13-,14?/m0/s1. The highest BCUT2D eigenvalue weighted by atomic mass is 16.6. The van der Waals surface area contributed by atoms with Crippen LogP contribution in [-0.4, -0.2) is 36.1 Å². The zero-order valence-corrected chi connectivity index (χ0v) is 10.4. The Morgan fingerprint density at radius 2 is 2.11 bits per heavy atom. The van der Waals surface area contributed by atoms with E-state index in [0.29, 0.717) is 19.1 Å². The predicted octanol–water partition coefficient (Wildman–Crippen LogP) is 1.48. The van der Waals surface area contributed by atoms with Crippen LogP contribution in [0, 0.1) is 5.92 Å². The fourth-order valence-corrected chi connectivity index (χ4v) is 2.15. The Bertz CT molecular complexity index is 341. The van der Waals surface area contributed by atoms with E-state index >= 15 is 0 Å². The highest BCUT2D eigenvalue weighted by Crippen LogP contribution is 2.21. The second-order valence-corrected chi connectivity index (χ2v) is 4.66. The molecule has 0 spiro atoms. The molecule has 0 amide bonds. The highest BCUT2D eigenvalue weighted by molar-refractivity contribution is 5.15. The first kappa shape index (κ1) is 13.5. The lowest BCUT2D eigenvalue weighted by atomic mass is 9.97. The van der Waals surface area contributed by atoms with E-state index in [4.69, 9.17) is 14.6 Å². The lowest BCUT2D eigenvalue weighted by Gasteiger charge is -2.28. The third kappa shape index (κ3) is 3.78. The second-order valence-electron chi connectivity index (χ2n) is 4.66. The first-order chi connectivity index (χ1) is 8.79. The van der Waals surface area contributed by atoms with Gasteiger partial charge in [-0.15, -0.1) is 0 Å². The van der Waals surface area contributed by atoms with Gasteiger partial charge in [-0.05, 0) is 18.8 Å². The molecular formula is C14H20O4. The van der Waals surface area contributed by atoms with Crippen molar-refractivity contribution in [2.45, 2.75) is 25.2 Å². The molecule has 100 valence electrons. The van der Waals surface area contributed by atoms with Crippen LogP contribution in [0.1, 0.15) is 24.7 Å². The molecule has 1 aliphatic heterocycles. The van der Waals surface area contributed by atoms with Crippen LogP contribution in [0.25, 0.3) is 0 Å². The maximum absolute atomic E-state index is 9.85. The molecule has 18 heavy (non-hydrogen) atoms. The van der Waals surface area contributed by atoms with Crippen LogP contribution in [0.5, 0.6) is 0 Å². The molecule has 1 fully saturated rings. The fourth-order valence-electron chi connectivity index (χ4n) is 2.15. The summed E-state index contributed by atoms with van der Waals surface area (Å²) in [5.74, 6) is 0.293. The van der Waals surface area contributed by atoms with Crippen molar-refractivity contribution in [1.29, 1.82) is 0 Å². The summed E-state index contributed by atoms with van der Waals surface area (Å²) in [6.45, 7) is 1.20. The summed E-state index contributed by atoms with van der Waals surface area (Å²) in [5.41, 5.74) is 0.743. The second kappa shape index (κ2) is 6.85. The van der Waals surface area contributed by atoms with E-state index in [1.165, 1.54) is 0 Å². The predicted molar refractivity (Wildman–Crippen MR) is 66.9 cm³/mol. The van der Waals surface area contributed by atoms with Crippen molar-refractivity contribution in [2.75, 3.05) is 19.8 Å². The molecule has 1 aliphatic rings. The van der Waals surface area contributed by atoms with E-state index in [2.05, 4.69) is 0 Å². The van der Waals surface area contributed by atoms with Gasteiger partial charge in [0.15, 0.2) is 6.29 Å². The van der Waals surface area contributed by atoms with Crippen LogP contribution < -0.4 is 0 Å². The smallest absolute Gasteiger partial charge is 0.181 e. The summed E-state index contributed by atoms with van der Waals surface area (Å²) in [5, 5.41) is 19.0. The van der Waals surface area contributed by atoms with Gasteiger partial charge in [0.1, 0.15) is 0 Å². The van der Waals surface area contributed by atoms with Gasteiger partial charge in [-0.25, -0.2) is 0 Å². The van der Waals surface area contributed by atoms with Crippen LogP contribution in [0.15, 0.2) is 30.3 Å². The Balaban J connectivity index is 1.77. The Labute approximate surface area is 107 Å². The molecule has 3 atom stereocenters. The van der Waals surface area contributed by atoms with Gasteiger partial charge in [-0.1, -0.05) is 30.3 Å². The maximum Gasteiger partial charge on any atom is 0.181 e. The summed E-state index contributed by atoms with van der Waals surface area (Å²) < 4.78 is 11.0. The molecule has 0 radical (unpaired) electrons. The lowest BCUT2D eigenvalue weighted by Crippen LogP contribution is -2.31. The topological polar surface area (TPSA) is 58.9 Å². The van der Waals surface area contributed by atoms with Gasteiger partial charge in [0.25, 0.3) is 0 Å². The molecule has 1 aromatic carbocycles. The molecule has 0 saturated carbocycles. The fraction of sp³-hybridized carbons (Fsp3) is 0.571. The Morgan fingerprint density at radius 1 is 1.33 bits per heavy atom. The molecule has 4 heteroatoms. The monoisotopic (exact) mass is 252 g/mol. The van der Waals surface area contributed by atoms with Crippen molar-refractivity contribution in [3.05, 3.63) is 35.9 Å². The highest BCUT2D eigenvalue weighted by Gasteiger charge is 2.23. The summed E-state index contributed by atoms with van der Waals surface area (Å²) >= 11 is 0. The molecule has 2 N–H and O–H groups in total. The van der Waals surface area contributed by atoms with Crippen molar-refractivity contribution in [2.24, 2.45) is 5.92 Å². The summed E-state index contributed by atoms with van der Waals surface area (Å²) in [7, 11) is 0. The Hall–Kier alpha value is -0.940. The number of ether oxygens (including phenoxy) is 2. The van der Waals surface area contributed by atoms with Crippen molar-refractivity contribution in [3.8, 4) is 0 Å². The largest absolute Gasteiger partial charge is 0.396 e. The third-order valence-electron chi connectivity index (χ3n) is 3.26. The van der Waals surface area contributed by atoms with E-state index < -0.39 is 6.29 Å². The molecule has 0 aromatic heterocycles. The first-order valence-corrected chi connectivity index (χ1v) is 6.36. The maximum atomic E-state index is 9.85. The number of hydrogen-bond acceptors (Lipinski definition) is 4. The minimum absolute atomic E-state index is 0.0331. The van der Waals surface area contributed by atoms with Gasteiger partial charge in [0, 0.05) is 18.8 Å². The van der Waals surface area contributed by atoms with Crippen molar-refractivity contribution in [3.63, 3.8) is 0 Å². The average Bonchev–Trinajstić information content (AvgIpc) is 2.46. The molecule has 1 aromatic rings. The minimum atomic E-state index is -0.913. The van der Waals surface area contributed by atoms with Crippen LogP contribution in [0.3, 0.4) is 0 Å². The van der Waals surface area contributed by atoms with Crippen LogP contribution in [-0.2, 0) is 9.47 Å². The van der Waals surface area contributed by atoms with Gasteiger partial charge in [-0.3, -0.25) is 0 Å².